The van der Waals surface area contributed by atoms with Gasteiger partial charge in [-0.05, 0) is 46.7 Å². The van der Waals surface area contributed by atoms with Gasteiger partial charge in [0.1, 0.15) is 11.4 Å². The van der Waals surface area contributed by atoms with Crippen molar-refractivity contribution in [3.63, 3.8) is 0 Å². The Hall–Kier alpha value is -2.63. The Balaban J connectivity index is 1.86. The molecule has 0 radical (unpaired) electrons. The maximum Gasteiger partial charge on any atom is 0.416 e. The van der Waals surface area contributed by atoms with E-state index in [-0.39, 0.29) is 28.7 Å². The van der Waals surface area contributed by atoms with Crippen molar-refractivity contribution >= 4 is 20.6 Å². The van der Waals surface area contributed by atoms with Crippen LogP contribution in [0.25, 0.3) is 10.8 Å². The van der Waals surface area contributed by atoms with Gasteiger partial charge in [-0.3, -0.25) is 0 Å². The van der Waals surface area contributed by atoms with Crippen molar-refractivity contribution in [3.8, 4) is 0 Å². The fourth-order valence-corrected chi connectivity index (χ4v) is 5.96. The van der Waals surface area contributed by atoms with Crippen molar-refractivity contribution in [2.75, 3.05) is 0 Å². The van der Waals surface area contributed by atoms with E-state index in [1.807, 2.05) is 0 Å². The molecular weight excluding hydrogens is 462 g/mol. The van der Waals surface area contributed by atoms with Crippen LogP contribution in [0, 0.1) is 0 Å². The maximum absolute atomic E-state index is 13.2. The van der Waals surface area contributed by atoms with Crippen LogP contribution in [0.3, 0.4) is 0 Å². The van der Waals surface area contributed by atoms with E-state index < -0.39 is 56.3 Å². The number of halogens is 6. The third-order valence-corrected chi connectivity index (χ3v) is 7.63. The van der Waals surface area contributed by atoms with Gasteiger partial charge in [0.15, 0.2) is 9.84 Å². The number of sulfone groups is 1. The molecule has 11 heteroatoms. The van der Waals surface area contributed by atoms with Gasteiger partial charge in [-0.25, -0.2) is 8.42 Å². The van der Waals surface area contributed by atoms with Crippen LogP contribution in [0.4, 0.5) is 26.3 Å². The highest BCUT2D eigenvalue weighted by Crippen LogP contribution is 2.47. The third kappa shape index (κ3) is 3.63. The van der Waals surface area contributed by atoms with Gasteiger partial charge in [-0.1, -0.05) is 24.3 Å². The molecule has 3 atom stereocenters. The topological polar surface area (TPSA) is 74.6 Å². The lowest BCUT2D eigenvalue weighted by Crippen LogP contribution is -2.29. The summed E-state index contributed by atoms with van der Waals surface area (Å²) in [6, 6.07) is 9.54. The predicted octanol–water partition coefficient (Wildman–Crippen LogP) is 4.80. The summed E-state index contributed by atoms with van der Waals surface area (Å²) in [7, 11) is -4.49. The van der Waals surface area contributed by atoms with Crippen molar-refractivity contribution in [1.29, 1.82) is 0 Å². The highest BCUT2D eigenvalue weighted by atomic mass is 32.2. The molecule has 0 fully saturated rings. The zero-order valence-corrected chi connectivity index (χ0v) is 16.6. The van der Waals surface area contributed by atoms with Crippen LogP contribution < -0.4 is 0 Å². The summed E-state index contributed by atoms with van der Waals surface area (Å²) >= 11 is 0. The van der Waals surface area contributed by atoms with Crippen molar-refractivity contribution in [2.24, 2.45) is 0 Å². The molecule has 4 rings (SSSR count). The summed E-state index contributed by atoms with van der Waals surface area (Å²) in [5.41, 5.74) is -4.41. The highest BCUT2D eigenvalue weighted by Gasteiger charge is 2.49. The third-order valence-electron chi connectivity index (χ3n) is 5.44. The minimum atomic E-state index is -5.18. The lowest BCUT2D eigenvalue weighted by molar-refractivity contribution is -0.143. The van der Waals surface area contributed by atoms with Crippen LogP contribution in [-0.2, 0) is 22.2 Å². The molecule has 0 amide bonds. The van der Waals surface area contributed by atoms with Crippen LogP contribution in [0.15, 0.2) is 59.5 Å². The fraction of sp³-hybridized carbons (Fsp3) is 0.238. The first-order valence-electron chi connectivity index (χ1n) is 9.13. The van der Waals surface area contributed by atoms with Crippen LogP contribution in [-0.4, -0.2) is 23.9 Å². The van der Waals surface area contributed by atoms with Crippen LogP contribution in [0.1, 0.15) is 34.5 Å². The number of rotatable bonds is 2. The van der Waals surface area contributed by atoms with Gasteiger partial charge in [0.2, 0.25) is 0 Å². The monoisotopic (exact) mass is 476 g/mol. The molecule has 0 aromatic heterocycles. The zero-order chi connectivity index (χ0) is 23.6. The Morgan fingerprint density at radius 1 is 0.812 bits per heavy atom. The van der Waals surface area contributed by atoms with Gasteiger partial charge in [-0.15, -0.1) is 0 Å². The SMILES string of the molecule is O=S1(=O)c2cc3ccccc3cc2C(O)C1C(O)c1cc(C(F)(F)F)cc(C(F)(F)F)c1. The standard InChI is InChI=1S/C21H14F6O4S/c22-20(23,24)13-5-12(6-14(9-13)21(25,26)27)17(28)19-18(29)15-7-10-3-1-2-4-11(10)8-16(15)32(19,30)31/h1-9,17-19,28-29H. The molecule has 0 spiro atoms. The lowest BCUT2D eigenvalue weighted by Gasteiger charge is -2.23. The Morgan fingerprint density at radius 2 is 1.31 bits per heavy atom. The number of hydrogen-bond donors (Lipinski definition) is 2. The number of alkyl halides is 6. The Bertz CT molecular complexity index is 1280. The summed E-state index contributed by atoms with van der Waals surface area (Å²) in [5, 5.41) is 20.3. The normalized spacial score (nSPS) is 21.5. The summed E-state index contributed by atoms with van der Waals surface area (Å²) in [5.74, 6) is 0. The van der Waals surface area contributed by atoms with Crippen molar-refractivity contribution in [2.45, 2.75) is 34.7 Å². The summed E-state index contributed by atoms with van der Waals surface area (Å²) < 4.78 is 105. The van der Waals surface area contributed by atoms with Crippen LogP contribution >= 0.6 is 0 Å². The lowest BCUT2D eigenvalue weighted by atomic mass is 9.94. The molecule has 1 aliphatic heterocycles. The van der Waals surface area contributed by atoms with Crippen molar-refractivity contribution in [3.05, 3.63) is 76.9 Å². The Morgan fingerprint density at radius 3 is 1.81 bits per heavy atom. The van der Waals surface area contributed by atoms with E-state index in [1.54, 1.807) is 24.3 Å². The molecule has 1 aliphatic rings. The van der Waals surface area contributed by atoms with Gasteiger partial charge < -0.3 is 10.2 Å². The largest absolute Gasteiger partial charge is 0.416 e. The number of benzene rings is 3. The van der Waals surface area contributed by atoms with Crippen molar-refractivity contribution < 1.29 is 45.0 Å². The molecular formula is C21H14F6O4S. The Labute approximate surface area is 177 Å². The van der Waals surface area contributed by atoms with Gasteiger partial charge >= 0.3 is 12.4 Å². The first-order chi connectivity index (χ1) is 14.7. The van der Waals surface area contributed by atoms with Crippen molar-refractivity contribution in [1.82, 2.24) is 0 Å². The Kier molecular flexibility index (Phi) is 5.07. The van der Waals surface area contributed by atoms with E-state index in [1.165, 1.54) is 12.1 Å². The van der Waals surface area contributed by atoms with E-state index in [9.17, 15) is 45.0 Å². The zero-order valence-electron chi connectivity index (χ0n) is 15.8. The van der Waals surface area contributed by atoms with E-state index in [2.05, 4.69) is 0 Å². The van der Waals surface area contributed by atoms with E-state index >= 15 is 0 Å². The summed E-state index contributed by atoms with van der Waals surface area (Å²) in [6.07, 6.45) is -14.6. The molecule has 3 aromatic rings. The number of aliphatic hydroxyl groups excluding tert-OH is 2. The van der Waals surface area contributed by atoms with E-state index in [0.29, 0.717) is 10.8 Å². The molecule has 3 aromatic carbocycles. The molecule has 0 saturated carbocycles. The summed E-state index contributed by atoms with van der Waals surface area (Å²) in [4.78, 5) is -0.337. The molecule has 0 bridgehead atoms. The molecule has 3 unspecified atom stereocenters. The predicted molar refractivity (Wildman–Crippen MR) is 101 cm³/mol. The molecule has 32 heavy (non-hydrogen) atoms. The maximum atomic E-state index is 13.2. The molecule has 0 saturated heterocycles. The quantitative estimate of drug-likeness (QED) is 0.522. The van der Waals surface area contributed by atoms with Crippen LogP contribution in [0.5, 0.6) is 0 Å². The van der Waals surface area contributed by atoms with Gasteiger partial charge in [0, 0.05) is 5.56 Å². The highest BCUT2D eigenvalue weighted by molar-refractivity contribution is 7.92. The fourth-order valence-electron chi connectivity index (χ4n) is 3.89. The van der Waals surface area contributed by atoms with E-state index in [4.69, 9.17) is 0 Å². The average molecular weight is 476 g/mol. The summed E-state index contributed by atoms with van der Waals surface area (Å²) in [6.45, 7) is 0. The first-order valence-corrected chi connectivity index (χ1v) is 10.7. The second-order valence-corrected chi connectivity index (χ2v) is 9.55. The van der Waals surface area contributed by atoms with E-state index in [0.717, 1.165) is 0 Å². The number of hydrogen-bond acceptors (Lipinski definition) is 4. The second-order valence-electron chi connectivity index (χ2n) is 7.48. The molecule has 2 N–H and O–H groups in total. The molecule has 0 aliphatic carbocycles. The second kappa shape index (κ2) is 7.19. The minimum Gasteiger partial charge on any atom is -0.387 e. The molecule has 1 heterocycles. The van der Waals surface area contributed by atoms with Crippen LogP contribution in [0.2, 0.25) is 0 Å². The molecule has 4 nitrogen and oxygen atoms in total. The number of fused-ring (bicyclic) bond motifs is 2. The minimum absolute atomic E-state index is 0.0872. The van der Waals surface area contributed by atoms with Gasteiger partial charge in [-0.2, -0.15) is 26.3 Å². The first kappa shape index (κ1) is 22.6. The van der Waals surface area contributed by atoms with Gasteiger partial charge in [0.05, 0.1) is 22.1 Å². The smallest absolute Gasteiger partial charge is 0.387 e. The van der Waals surface area contributed by atoms with Gasteiger partial charge in [0.25, 0.3) is 0 Å². The molecule has 170 valence electrons. The average Bonchev–Trinajstić information content (AvgIpc) is 2.89. The number of aliphatic hydroxyl groups is 2.